The molecule has 0 saturated heterocycles. The maximum atomic E-state index is 11.4. The van der Waals surface area contributed by atoms with Crippen molar-refractivity contribution in [2.24, 2.45) is 5.92 Å². The van der Waals surface area contributed by atoms with Crippen LogP contribution in [0.2, 0.25) is 0 Å². The van der Waals surface area contributed by atoms with Gasteiger partial charge in [-0.3, -0.25) is 14.9 Å². The lowest BCUT2D eigenvalue weighted by atomic mass is 10.2. The number of thiophene rings is 1. The van der Waals surface area contributed by atoms with Gasteiger partial charge in [0, 0.05) is 18.7 Å². The number of Topliss-reactive ketones (excluding diaryl/α,β-unsaturated/α-hetero) is 1. The molecule has 19 heavy (non-hydrogen) atoms. The van der Waals surface area contributed by atoms with Crippen molar-refractivity contribution < 1.29 is 9.72 Å². The Kier molecular flexibility index (Phi) is 3.89. The summed E-state index contributed by atoms with van der Waals surface area (Å²) in [6.07, 6.45) is 2.39. The second-order valence-electron chi connectivity index (χ2n) is 5.30. The van der Waals surface area contributed by atoms with E-state index in [0.29, 0.717) is 15.8 Å². The number of ketones is 1. The monoisotopic (exact) mass is 282 g/mol. The van der Waals surface area contributed by atoms with Crippen LogP contribution in [0.25, 0.3) is 0 Å². The van der Waals surface area contributed by atoms with Crippen LogP contribution in [-0.2, 0) is 0 Å². The quantitative estimate of drug-likeness (QED) is 0.455. The highest BCUT2D eigenvalue weighted by Crippen LogP contribution is 2.41. The first-order valence-electron chi connectivity index (χ1n) is 6.46. The highest BCUT2D eigenvalue weighted by Gasteiger charge is 2.31. The normalized spacial score (nSPS) is 14.7. The second-order valence-corrected chi connectivity index (χ2v) is 6.33. The molecule has 1 heterocycles. The number of rotatable bonds is 6. The molecule has 0 radical (unpaired) electrons. The van der Waals surface area contributed by atoms with Crippen LogP contribution in [-0.4, -0.2) is 23.3 Å². The summed E-state index contributed by atoms with van der Waals surface area (Å²) >= 11 is 1.24. The largest absolute Gasteiger partial charge is 0.355 e. The molecule has 2 rings (SSSR count). The molecular weight excluding hydrogens is 264 g/mol. The maximum absolute atomic E-state index is 11.4. The van der Waals surface area contributed by atoms with Crippen LogP contribution in [0.4, 0.5) is 10.7 Å². The fourth-order valence-electron chi connectivity index (χ4n) is 1.99. The van der Waals surface area contributed by atoms with Crippen molar-refractivity contribution in [3.05, 3.63) is 21.1 Å². The molecule has 0 spiro atoms. The lowest BCUT2D eigenvalue weighted by molar-refractivity contribution is -0.383. The van der Waals surface area contributed by atoms with E-state index in [4.69, 9.17) is 0 Å². The van der Waals surface area contributed by atoms with Gasteiger partial charge in [-0.2, -0.15) is 0 Å². The van der Waals surface area contributed by atoms with Crippen LogP contribution in [0.15, 0.2) is 6.07 Å². The fraction of sp³-hybridized carbons (Fsp3) is 0.615. The van der Waals surface area contributed by atoms with Gasteiger partial charge < -0.3 is 4.90 Å². The minimum Gasteiger partial charge on any atom is -0.355 e. The molecule has 0 aliphatic heterocycles. The number of anilines is 1. The number of nitro groups is 1. The topological polar surface area (TPSA) is 63.4 Å². The van der Waals surface area contributed by atoms with Gasteiger partial charge in [0.15, 0.2) is 10.8 Å². The summed E-state index contributed by atoms with van der Waals surface area (Å²) in [5.41, 5.74) is 0.0598. The standard InChI is InChI=1S/C13H18N2O3S/c1-8(2)14(7-10-4-5-10)13-11(15(17)18)6-12(19-13)9(3)16/h6,8,10H,4-5,7H2,1-3H3. The molecule has 0 atom stereocenters. The number of carbonyl (C=O) groups excluding carboxylic acids is 1. The molecule has 1 fully saturated rings. The van der Waals surface area contributed by atoms with E-state index in [2.05, 4.69) is 4.90 Å². The summed E-state index contributed by atoms with van der Waals surface area (Å²) in [6.45, 7) is 6.34. The summed E-state index contributed by atoms with van der Waals surface area (Å²) in [5, 5.41) is 11.8. The van der Waals surface area contributed by atoms with Gasteiger partial charge in [0.25, 0.3) is 0 Å². The van der Waals surface area contributed by atoms with Gasteiger partial charge in [0.05, 0.1) is 9.80 Å². The summed E-state index contributed by atoms with van der Waals surface area (Å²) in [7, 11) is 0. The summed E-state index contributed by atoms with van der Waals surface area (Å²) in [5.74, 6) is 0.527. The summed E-state index contributed by atoms with van der Waals surface area (Å²) in [6, 6.07) is 1.60. The smallest absolute Gasteiger partial charge is 0.304 e. The Balaban J connectivity index is 2.38. The van der Waals surface area contributed by atoms with Crippen LogP contribution in [0.3, 0.4) is 0 Å². The van der Waals surface area contributed by atoms with E-state index in [1.54, 1.807) is 0 Å². The average Bonchev–Trinajstić information content (AvgIpc) is 3.01. The number of hydrogen-bond donors (Lipinski definition) is 0. The number of nitrogens with zero attached hydrogens (tertiary/aromatic N) is 2. The van der Waals surface area contributed by atoms with E-state index in [0.717, 1.165) is 6.54 Å². The van der Waals surface area contributed by atoms with Gasteiger partial charge in [0.2, 0.25) is 0 Å². The van der Waals surface area contributed by atoms with Crippen LogP contribution in [0.1, 0.15) is 43.3 Å². The van der Waals surface area contributed by atoms with Crippen LogP contribution in [0, 0.1) is 16.0 Å². The third kappa shape index (κ3) is 3.12. The first-order chi connectivity index (χ1) is 8.90. The van der Waals surface area contributed by atoms with Crippen molar-refractivity contribution in [2.75, 3.05) is 11.4 Å². The van der Waals surface area contributed by atoms with E-state index in [1.807, 2.05) is 13.8 Å². The van der Waals surface area contributed by atoms with Gasteiger partial charge in [-0.1, -0.05) is 0 Å². The molecule has 0 N–H and O–H groups in total. The molecule has 1 aromatic heterocycles. The van der Waals surface area contributed by atoms with E-state index < -0.39 is 0 Å². The molecule has 0 bridgehead atoms. The number of carbonyl (C=O) groups is 1. The van der Waals surface area contributed by atoms with Gasteiger partial charge >= 0.3 is 5.69 Å². The Hall–Kier alpha value is -1.43. The second kappa shape index (κ2) is 5.28. The Labute approximate surface area is 116 Å². The Morgan fingerprint density at radius 2 is 2.21 bits per heavy atom. The van der Waals surface area contributed by atoms with Gasteiger partial charge in [0.1, 0.15) is 0 Å². The lowest BCUT2D eigenvalue weighted by Crippen LogP contribution is -2.32. The first kappa shape index (κ1) is 14.0. The molecule has 1 aliphatic carbocycles. The summed E-state index contributed by atoms with van der Waals surface area (Å²) in [4.78, 5) is 24.7. The molecule has 6 heteroatoms. The molecule has 1 aliphatic rings. The zero-order valence-corrected chi connectivity index (χ0v) is 12.2. The molecule has 0 aromatic carbocycles. The van der Waals surface area contributed by atoms with Crippen molar-refractivity contribution in [1.29, 1.82) is 0 Å². The first-order valence-corrected chi connectivity index (χ1v) is 7.27. The molecule has 0 amide bonds. The Bertz CT molecular complexity index is 506. The van der Waals surface area contributed by atoms with Crippen LogP contribution < -0.4 is 4.90 Å². The molecular formula is C13H18N2O3S. The predicted octanol–water partition coefficient (Wildman–Crippen LogP) is 3.48. The highest BCUT2D eigenvalue weighted by molar-refractivity contribution is 7.18. The average molecular weight is 282 g/mol. The number of hydrogen-bond acceptors (Lipinski definition) is 5. The van der Waals surface area contributed by atoms with Crippen LogP contribution >= 0.6 is 11.3 Å². The van der Waals surface area contributed by atoms with Gasteiger partial charge in [-0.25, -0.2) is 0 Å². The van der Waals surface area contributed by atoms with Crippen molar-refractivity contribution in [2.45, 2.75) is 39.7 Å². The van der Waals surface area contributed by atoms with Crippen molar-refractivity contribution >= 4 is 27.8 Å². The Morgan fingerprint density at radius 1 is 1.58 bits per heavy atom. The van der Waals surface area contributed by atoms with E-state index in [-0.39, 0.29) is 22.4 Å². The minimum atomic E-state index is -0.388. The van der Waals surface area contributed by atoms with Crippen LogP contribution in [0.5, 0.6) is 0 Å². The SMILES string of the molecule is CC(=O)c1cc([N+](=O)[O-])c(N(CC2CC2)C(C)C)s1. The molecule has 5 nitrogen and oxygen atoms in total. The Morgan fingerprint density at radius 3 is 2.63 bits per heavy atom. The lowest BCUT2D eigenvalue weighted by Gasteiger charge is -2.26. The zero-order chi connectivity index (χ0) is 14.2. The van der Waals surface area contributed by atoms with Gasteiger partial charge in [-0.15, -0.1) is 11.3 Å². The van der Waals surface area contributed by atoms with E-state index in [1.165, 1.54) is 37.2 Å². The van der Waals surface area contributed by atoms with Crippen molar-refractivity contribution in [3.63, 3.8) is 0 Å². The zero-order valence-electron chi connectivity index (χ0n) is 11.4. The van der Waals surface area contributed by atoms with E-state index in [9.17, 15) is 14.9 Å². The fourth-order valence-corrected chi connectivity index (χ4v) is 3.15. The van der Waals surface area contributed by atoms with Crippen molar-refractivity contribution in [3.8, 4) is 0 Å². The summed E-state index contributed by atoms with van der Waals surface area (Å²) < 4.78 is 0. The minimum absolute atomic E-state index is 0.0598. The highest BCUT2D eigenvalue weighted by atomic mass is 32.1. The predicted molar refractivity (Wildman–Crippen MR) is 76.2 cm³/mol. The molecule has 1 aromatic rings. The molecule has 0 unspecified atom stereocenters. The molecule has 104 valence electrons. The maximum Gasteiger partial charge on any atom is 0.304 e. The van der Waals surface area contributed by atoms with E-state index >= 15 is 0 Å². The van der Waals surface area contributed by atoms with Crippen molar-refractivity contribution in [1.82, 2.24) is 0 Å². The van der Waals surface area contributed by atoms with Gasteiger partial charge in [-0.05, 0) is 39.5 Å². The third-order valence-corrected chi connectivity index (χ3v) is 4.54. The third-order valence-electron chi connectivity index (χ3n) is 3.27. The molecule has 1 saturated carbocycles.